The first-order valence-corrected chi connectivity index (χ1v) is 7.50. The minimum atomic E-state index is -0.736. The van der Waals surface area contributed by atoms with Gasteiger partial charge in [0.15, 0.2) is 0 Å². The maximum atomic E-state index is 12.3. The van der Waals surface area contributed by atoms with E-state index in [4.69, 9.17) is 5.11 Å². The summed E-state index contributed by atoms with van der Waals surface area (Å²) in [5.74, 6) is -1.20. The van der Waals surface area contributed by atoms with Gasteiger partial charge in [-0.05, 0) is 43.9 Å². The number of carboxylic acids is 1. The van der Waals surface area contributed by atoms with Crippen molar-refractivity contribution >= 4 is 22.9 Å². The lowest BCUT2D eigenvalue weighted by Gasteiger charge is -2.26. The number of hydrogen-bond donors (Lipinski definition) is 2. The molecule has 0 aromatic carbocycles. The van der Waals surface area contributed by atoms with Gasteiger partial charge in [0.05, 0.1) is 5.92 Å². The fraction of sp³-hybridized carbons (Fsp3) is 0.438. The van der Waals surface area contributed by atoms with E-state index in [2.05, 4.69) is 10.3 Å². The fourth-order valence-corrected chi connectivity index (χ4v) is 3.00. The van der Waals surface area contributed by atoms with E-state index in [0.717, 1.165) is 11.0 Å². The van der Waals surface area contributed by atoms with Crippen molar-refractivity contribution in [2.75, 3.05) is 0 Å². The lowest BCUT2D eigenvalue weighted by molar-refractivity contribution is -0.142. The van der Waals surface area contributed by atoms with Crippen molar-refractivity contribution in [3.8, 4) is 0 Å². The SMILES string of the molecule is Cn1ccc2ccc(C(=O)NC3CCC(C(=O)O)CC3)nc21. The molecule has 3 rings (SSSR count). The van der Waals surface area contributed by atoms with Gasteiger partial charge in [-0.25, -0.2) is 4.98 Å². The number of fused-ring (bicyclic) bond motifs is 1. The number of nitrogens with zero attached hydrogens (tertiary/aromatic N) is 2. The minimum Gasteiger partial charge on any atom is -0.481 e. The third-order valence-electron chi connectivity index (χ3n) is 4.36. The number of carbonyl (C=O) groups excluding carboxylic acids is 1. The zero-order valence-electron chi connectivity index (χ0n) is 12.5. The average molecular weight is 301 g/mol. The van der Waals surface area contributed by atoms with Crippen molar-refractivity contribution in [1.82, 2.24) is 14.9 Å². The second-order valence-electron chi connectivity index (χ2n) is 5.90. The number of aryl methyl sites for hydroxylation is 1. The minimum absolute atomic E-state index is 0.0361. The van der Waals surface area contributed by atoms with Crippen LogP contribution in [0.4, 0.5) is 0 Å². The maximum Gasteiger partial charge on any atom is 0.306 e. The Bertz CT molecular complexity index is 714. The molecule has 0 saturated heterocycles. The molecule has 0 unspecified atom stereocenters. The molecule has 1 aliphatic rings. The van der Waals surface area contributed by atoms with Crippen LogP contribution in [0, 0.1) is 5.92 Å². The molecule has 0 atom stereocenters. The summed E-state index contributed by atoms with van der Waals surface area (Å²) < 4.78 is 1.88. The number of carboxylic acid groups (broad SMARTS) is 1. The molecule has 1 fully saturated rings. The first-order chi connectivity index (χ1) is 10.5. The highest BCUT2D eigenvalue weighted by atomic mass is 16.4. The number of carbonyl (C=O) groups is 2. The second kappa shape index (κ2) is 5.79. The highest BCUT2D eigenvalue weighted by Crippen LogP contribution is 2.24. The van der Waals surface area contributed by atoms with E-state index in [0.29, 0.717) is 31.4 Å². The third-order valence-corrected chi connectivity index (χ3v) is 4.36. The van der Waals surface area contributed by atoms with E-state index in [1.807, 2.05) is 29.9 Å². The van der Waals surface area contributed by atoms with Gasteiger partial charge in [0.2, 0.25) is 0 Å². The van der Waals surface area contributed by atoms with Crippen molar-refractivity contribution < 1.29 is 14.7 Å². The summed E-state index contributed by atoms with van der Waals surface area (Å²) in [6.07, 6.45) is 4.55. The molecule has 2 aromatic heterocycles. The van der Waals surface area contributed by atoms with Crippen LogP contribution >= 0.6 is 0 Å². The van der Waals surface area contributed by atoms with Crippen LogP contribution in [-0.2, 0) is 11.8 Å². The molecule has 6 nitrogen and oxygen atoms in total. The Hall–Kier alpha value is -2.37. The molecule has 2 N–H and O–H groups in total. The van der Waals surface area contributed by atoms with E-state index < -0.39 is 5.97 Å². The maximum absolute atomic E-state index is 12.3. The highest BCUT2D eigenvalue weighted by Gasteiger charge is 2.27. The summed E-state index contributed by atoms with van der Waals surface area (Å²) in [6.45, 7) is 0. The number of hydrogen-bond acceptors (Lipinski definition) is 3. The zero-order valence-corrected chi connectivity index (χ0v) is 12.5. The van der Waals surface area contributed by atoms with Crippen molar-refractivity contribution in [1.29, 1.82) is 0 Å². The number of nitrogens with one attached hydrogen (secondary N) is 1. The summed E-state index contributed by atoms with van der Waals surface area (Å²) in [7, 11) is 1.89. The number of aromatic nitrogens is 2. The lowest BCUT2D eigenvalue weighted by Crippen LogP contribution is -2.39. The molecular weight excluding hydrogens is 282 g/mol. The molecule has 6 heteroatoms. The quantitative estimate of drug-likeness (QED) is 0.907. The van der Waals surface area contributed by atoms with Crippen LogP contribution in [0.15, 0.2) is 24.4 Å². The van der Waals surface area contributed by atoms with Gasteiger partial charge >= 0.3 is 5.97 Å². The van der Waals surface area contributed by atoms with Crippen LogP contribution in [0.3, 0.4) is 0 Å². The number of rotatable bonds is 3. The second-order valence-corrected chi connectivity index (χ2v) is 5.90. The Morgan fingerprint density at radius 2 is 1.95 bits per heavy atom. The molecule has 1 saturated carbocycles. The molecule has 1 amide bonds. The summed E-state index contributed by atoms with van der Waals surface area (Å²) in [5.41, 5.74) is 1.18. The topological polar surface area (TPSA) is 84.2 Å². The van der Waals surface area contributed by atoms with Crippen LogP contribution in [0.2, 0.25) is 0 Å². The Labute approximate surface area is 128 Å². The van der Waals surface area contributed by atoms with E-state index in [-0.39, 0.29) is 17.9 Å². The summed E-state index contributed by atoms with van der Waals surface area (Å²) in [4.78, 5) is 27.6. The smallest absolute Gasteiger partial charge is 0.306 e. The molecule has 0 spiro atoms. The Morgan fingerprint density at radius 1 is 1.23 bits per heavy atom. The molecular formula is C16H19N3O3. The Morgan fingerprint density at radius 3 is 2.64 bits per heavy atom. The summed E-state index contributed by atoms with van der Waals surface area (Å²) >= 11 is 0. The molecule has 2 heterocycles. The molecule has 0 bridgehead atoms. The molecule has 0 aliphatic heterocycles. The van der Waals surface area contributed by atoms with E-state index in [1.165, 1.54) is 0 Å². The lowest BCUT2D eigenvalue weighted by atomic mass is 9.86. The predicted molar refractivity (Wildman–Crippen MR) is 81.6 cm³/mol. The van der Waals surface area contributed by atoms with E-state index in [1.54, 1.807) is 6.07 Å². The average Bonchev–Trinajstić information content (AvgIpc) is 2.88. The van der Waals surface area contributed by atoms with Crippen LogP contribution in [0.25, 0.3) is 11.0 Å². The monoisotopic (exact) mass is 301 g/mol. The van der Waals surface area contributed by atoms with Gasteiger partial charge in [-0.1, -0.05) is 0 Å². The van der Waals surface area contributed by atoms with Crippen LogP contribution < -0.4 is 5.32 Å². The van der Waals surface area contributed by atoms with Crippen molar-refractivity contribution in [3.05, 3.63) is 30.1 Å². The molecule has 2 aromatic rings. The Kier molecular flexibility index (Phi) is 3.83. The van der Waals surface area contributed by atoms with Gasteiger partial charge in [0, 0.05) is 24.7 Å². The standard InChI is InChI=1S/C16H19N3O3/c1-19-9-8-10-4-7-13(18-14(10)19)15(20)17-12-5-2-11(3-6-12)16(21)22/h4,7-9,11-12H,2-3,5-6H2,1H3,(H,17,20)(H,21,22). The molecule has 116 valence electrons. The normalized spacial score (nSPS) is 21.7. The number of aliphatic carboxylic acids is 1. The van der Waals surface area contributed by atoms with Crippen molar-refractivity contribution in [3.63, 3.8) is 0 Å². The zero-order chi connectivity index (χ0) is 15.7. The van der Waals surface area contributed by atoms with Gasteiger partial charge in [-0.2, -0.15) is 0 Å². The van der Waals surface area contributed by atoms with Gasteiger partial charge < -0.3 is 15.0 Å². The largest absolute Gasteiger partial charge is 0.481 e. The number of pyridine rings is 1. The van der Waals surface area contributed by atoms with Crippen LogP contribution in [0.5, 0.6) is 0 Å². The molecule has 0 radical (unpaired) electrons. The van der Waals surface area contributed by atoms with Crippen molar-refractivity contribution in [2.45, 2.75) is 31.7 Å². The van der Waals surface area contributed by atoms with Gasteiger partial charge in [0.25, 0.3) is 5.91 Å². The molecule has 1 aliphatic carbocycles. The van der Waals surface area contributed by atoms with E-state index >= 15 is 0 Å². The summed E-state index contributed by atoms with van der Waals surface area (Å²) in [5, 5.41) is 13.0. The first kappa shape index (κ1) is 14.6. The summed E-state index contributed by atoms with van der Waals surface area (Å²) in [6, 6.07) is 5.60. The highest BCUT2D eigenvalue weighted by molar-refractivity contribution is 5.94. The third kappa shape index (κ3) is 2.81. The van der Waals surface area contributed by atoms with Crippen LogP contribution in [0.1, 0.15) is 36.2 Å². The fourth-order valence-electron chi connectivity index (χ4n) is 3.00. The Balaban J connectivity index is 1.66. The van der Waals surface area contributed by atoms with Crippen LogP contribution in [-0.4, -0.2) is 32.6 Å². The number of amides is 1. The first-order valence-electron chi connectivity index (χ1n) is 7.50. The van der Waals surface area contributed by atoms with Crippen molar-refractivity contribution in [2.24, 2.45) is 13.0 Å². The molecule has 22 heavy (non-hydrogen) atoms. The van der Waals surface area contributed by atoms with E-state index in [9.17, 15) is 9.59 Å². The van der Waals surface area contributed by atoms with Gasteiger partial charge in [-0.15, -0.1) is 0 Å². The van der Waals surface area contributed by atoms with Gasteiger partial charge in [-0.3, -0.25) is 9.59 Å². The van der Waals surface area contributed by atoms with Gasteiger partial charge in [0.1, 0.15) is 11.3 Å². The predicted octanol–water partition coefficient (Wildman–Crippen LogP) is 1.95.